The molecule has 1 atom stereocenters. The van der Waals surface area contributed by atoms with E-state index in [9.17, 15) is 19.1 Å². The van der Waals surface area contributed by atoms with Gasteiger partial charge in [0.2, 0.25) is 5.91 Å². The Kier molecular flexibility index (Phi) is 5.31. The molecule has 0 spiro atoms. The zero-order valence-corrected chi connectivity index (χ0v) is 13.5. The standard InChI is InChI=1S/C18H19FN2O3/c1-12(22)21-16-9-3-13(4-10-16)17(23)20-11-18(2,24)14-5-7-15(19)8-6-14/h3-10,24H,11H2,1-2H3,(H,20,23)(H,21,22). The van der Waals surface area contributed by atoms with E-state index in [0.29, 0.717) is 16.8 Å². The molecule has 2 aromatic carbocycles. The Bertz CT molecular complexity index is 725. The van der Waals surface area contributed by atoms with Gasteiger partial charge in [-0.2, -0.15) is 0 Å². The van der Waals surface area contributed by atoms with E-state index in [1.807, 2.05) is 0 Å². The highest BCUT2D eigenvalue weighted by Gasteiger charge is 2.24. The number of carbonyl (C=O) groups excluding carboxylic acids is 2. The van der Waals surface area contributed by atoms with Crippen molar-refractivity contribution in [1.29, 1.82) is 0 Å². The van der Waals surface area contributed by atoms with Crippen molar-refractivity contribution < 1.29 is 19.1 Å². The Hall–Kier alpha value is -2.73. The summed E-state index contributed by atoms with van der Waals surface area (Å²) >= 11 is 0. The van der Waals surface area contributed by atoms with Gasteiger partial charge in [-0.1, -0.05) is 12.1 Å². The van der Waals surface area contributed by atoms with Crippen LogP contribution in [0.25, 0.3) is 0 Å². The second-order valence-corrected chi connectivity index (χ2v) is 5.72. The minimum Gasteiger partial charge on any atom is -0.384 e. The van der Waals surface area contributed by atoms with Crippen molar-refractivity contribution in [3.05, 3.63) is 65.5 Å². The van der Waals surface area contributed by atoms with E-state index in [1.54, 1.807) is 31.2 Å². The van der Waals surface area contributed by atoms with Crippen LogP contribution in [0.3, 0.4) is 0 Å². The van der Waals surface area contributed by atoms with E-state index < -0.39 is 11.4 Å². The number of hydrogen-bond acceptors (Lipinski definition) is 3. The Morgan fingerprint density at radius 1 is 1.08 bits per heavy atom. The first-order chi connectivity index (χ1) is 11.3. The van der Waals surface area contributed by atoms with E-state index in [0.717, 1.165) is 0 Å². The summed E-state index contributed by atoms with van der Waals surface area (Å²) in [6.07, 6.45) is 0. The van der Waals surface area contributed by atoms with Crippen LogP contribution in [0, 0.1) is 5.82 Å². The number of benzene rings is 2. The molecule has 0 aliphatic rings. The predicted molar refractivity (Wildman–Crippen MR) is 89.0 cm³/mol. The lowest BCUT2D eigenvalue weighted by molar-refractivity contribution is -0.114. The molecule has 0 fully saturated rings. The van der Waals surface area contributed by atoms with Crippen LogP contribution in [0.5, 0.6) is 0 Å². The van der Waals surface area contributed by atoms with E-state index >= 15 is 0 Å². The Morgan fingerprint density at radius 2 is 1.67 bits per heavy atom. The Balaban J connectivity index is 1.99. The van der Waals surface area contributed by atoms with E-state index in [4.69, 9.17) is 0 Å². The van der Waals surface area contributed by atoms with Gasteiger partial charge in [-0.25, -0.2) is 4.39 Å². The molecule has 5 nitrogen and oxygen atoms in total. The lowest BCUT2D eigenvalue weighted by Gasteiger charge is -2.24. The van der Waals surface area contributed by atoms with Crippen LogP contribution in [0.4, 0.5) is 10.1 Å². The van der Waals surface area contributed by atoms with Crippen molar-refractivity contribution in [2.24, 2.45) is 0 Å². The van der Waals surface area contributed by atoms with Crippen LogP contribution in [0.2, 0.25) is 0 Å². The van der Waals surface area contributed by atoms with E-state index in [1.165, 1.54) is 31.2 Å². The third-order valence-corrected chi connectivity index (χ3v) is 3.53. The highest BCUT2D eigenvalue weighted by Crippen LogP contribution is 2.20. The van der Waals surface area contributed by atoms with Crippen LogP contribution in [0.1, 0.15) is 29.8 Å². The molecule has 24 heavy (non-hydrogen) atoms. The monoisotopic (exact) mass is 330 g/mol. The third kappa shape index (κ3) is 4.63. The fraction of sp³-hybridized carbons (Fsp3) is 0.222. The number of anilines is 1. The van der Waals surface area contributed by atoms with Gasteiger partial charge in [0.1, 0.15) is 11.4 Å². The average molecular weight is 330 g/mol. The first-order valence-corrected chi connectivity index (χ1v) is 7.42. The highest BCUT2D eigenvalue weighted by atomic mass is 19.1. The summed E-state index contributed by atoms with van der Waals surface area (Å²) in [4.78, 5) is 23.1. The molecular formula is C18H19FN2O3. The maximum absolute atomic E-state index is 12.9. The topological polar surface area (TPSA) is 78.4 Å². The fourth-order valence-corrected chi connectivity index (χ4v) is 2.17. The average Bonchev–Trinajstić information content (AvgIpc) is 2.53. The Morgan fingerprint density at radius 3 is 2.21 bits per heavy atom. The molecule has 0 saturated carbocycles. The maximum atomic E-state index is 12.9. The van der Waals surface area contributed by atoms with Gasteiger partial charge in [0.15, 0.2) is 0 Å². The first-order valence-electron chi connectivity index (χ1n) is 7.42. The van der Waals surface area contributed by atoms with Crippen LogP contribution in [0.15, 0.2) is 48.5 Å². The van der Waals surface area contributed by atoms with Crippen LogP contribution < -0.4 is 10.6 Å². The highest BCUT2D eigenvalue weighted by molar-refractivity contribution is 5.95. The first kappa shape index (κ1) is 17.6. The van der Waals surface area contributed by atoms with Crippen molar-refractivity contribution in [3.8, 4) is 0 Å². The molecule has 0 heterocycles. The Labute approximate surface area is 139 Å². The smallest absolute Gasteiger partial charge is 0.251 e. The molecule has 3 N–H and O–H groups in total. The van der Waals surface area contributed by atoms with Gasteiger partial charge in [0.25, 0.3) is 5.91 Å². The molecule has 2 aromatic rings. The van der Waals surface area contributed by atoms with E-state index in [-0.39, 0.29) is 18.4 Å². The normalized spacial score (nSPS) is 13.0. The molecular weight excluding hydrogens is 311 g/mol. The van der Waals surface area contributed by atoms with Crippen molar-refractivity contribution in [2.75, 3.05) is 11.9 Å². The fourth-order valence-electron chi connectivity index (χ4n) is 2.17. The summed E-state index contributed by atoms with van der Waals surface area (Å²) < 4.78 is 12.9. The number of nitrogens with one attached hydrogen (secondary N) is 2. The maximum Gasteiger partial charge on any atom is 0.251 e. The number of carbonyl (C=O) groups is 2. The van der Waals surface area contributed by atoms with E-state index in [2.05, 4.69) is 10.6 Å². The summed E-state index contributed by atoms with van der Waals surface area (Å²) in [5, 5.41) is 15.7. The molecule has 0 radical (unpaired) electrons. The quantitative estimate of drug-likeness (QED) is 0.788. The number of amides is 2. The summed E-state index contributed by atoms with van der Waals surface area (Å²) in [5.74, 6) is -0.938. The molecule has 2 rings (SSSR count). The molecule has 0 bridgehead atoms. The van der Waals surface area contributed by atoms with Gasteiger partial charge in [-0.3, -0.25) is 9.59 Å². The van der Waals surface area contributed by atoms with Crippen molar-refractivity contribution in [3.63, 3.8) is 0 Å². The zero-order valence-electron chi connectivity index (χ0n) is 13.5. The number of hydrogen-bond donors (Lipinski definition) is 3. The summed E-state index contributed by atoms with van der Waals surface area (Å²) in [7, 11) is 0. The van der Waals surface area contributed by atoms with Gasteiger partial charge >= 0.3 is 0 Å². The lowest BCUT2D eigenvalue weighted by atomic mass is 9.96. The molecule has 2 amide bonds. The molecule has 6 heteroatoms. The SMILES string of the molecule is CC(=O)Nc1ccc(C(=O)NCC(C)(O)c2ccc(F)cc2)cc1. The van der Waals surface area contributed by atoms with Crippen molar-refractivity contribution in [1.82, 2.24) is 5.32 Å². The zero-order chi connectivity index (χ0) is 17.7. The number of halogens is 1. The third-order valence-electron chi connectivity index (χ3n) is 3.53. The number of rotatable bonds is 5. The van der Waals surface area contributed by atoms with Gasteiger partial charge in [0, 0.05) is 18.2 Å². The van der Waals surface area contributed by atoms with Crippen LogP contribution in [-0.2, 0) is 10.4 Å². The molecule has 0 aliphatic carbocycles. The van der Waals surface area contributed by atoms with Crippen molar-refractivity contribution in [2.45, 2.75) is 19.4 Å². The van der Waals surface area contributed by atoms with Crippen molar-refractivity contribution >= 4 is 17.5 Å². The van der Waals surface area contributed by atoms with Gasteiger partial charge in [-0.15, -0.1) is 0 Å². The van der Waals surface area contributed by atoms with Crippen LogP contribution in [-0.4, -0.2) is 23.5 Å². The summed E-state index contributed by atoms with van der Waals surface area (Å²) in [6.45, 7) is 2.92. The predicted octanol–water partition coefficient (Wildman–Crippen LogP) is 2.42. The summed E-state index contributed by atoms with van der Waals surface area (Å²) in [5.41, 5.74) is 0.182. The van der Waals surface area contributed by atoms with Gasteiger partial charge in [-0.05, 0) is 48.9 Å². The molecule has 1 unspecified atom stereocenters. The minimum atomic E-state index is -1.32. The van der Waals surface area contributed by atoms with Gasteiger partial charge in [0.05, 0.1) is 6.54 Å². The molecule has 0 aliphatic heterocycles. The minimum absolute atomic E-state index is 0.0229. The second kappa shape index (κ2) is 7.23. The number of aliphatic hydroxyl groups is 1. The molecule has 0 aromatic heterocycles. The van der Waals surface area contributed by atoms with Crippen LogP contribution >= 0.6 is 0 Å². The molecule has 126 valence electrons. The molecule has 0 saturated heterocycles. The van der Waals surface area contributed by atoms with Gasteiger partial charge < -0.3 is 15.7 Å². The summed E-state index contributed by atoms with van der Waals surface area (Å²) in [6, 6.07) is 11.9. The second-order valence-electron chi connectivity index (χ2n) is 5.72. The largest absolute Gasteiger partial charge is 0.384 e. The lowest BCUT2D eigenvalue weighted by Crippen LogP contribution is -2.38.